The number of carbonyl (C=O) groups excluding carboxylic acids is 7. The van der Waals surface area contributed by atoms with Crippen LogP contribution >= 0.6 is 0 Å². The molecule has 1 aliphatic carbocycles. The van der Waals surface area contributed by atoms with E-state index in [0.29, 0.717) is 19.4 Å². The number of likely N-dealkylation sites (tertiary alicyclic amines) is 1. The van der Waals surface area contributed by atoms with Gasteiger partial charge in [-0.2, -0.15) is 0 Å². The van der Waals surface area contributed by atoms with Crippen LogP contribution < -0.4 is 5.32 Å². The average molecular weight is 803 g/mol. The molecule has 318 valence electrons. The van der Waals surface area contributed by atoms with Crippen LogP contribution in [0.15, 0.2) is 48.9 Å². The molecule has 1 aliphatic heterocycles. The van der Waals surface area contributed by atoms with Crippen molar-refractivity contribution in [1.82, 2.24) is 20.2 Å². The summed E-state index contributed by atoms with van der Waals surface area (Å²) in [5, 5.41) is 2.94. The maximum atomic E-state index is 14.5. The number of esters is 1. The van der Waals surface area contributed by atoms with E-state index in [1.807, 2.05) is 65.0 Å². The number of carbonyl (C=O) groups is 7. The summed E-state index contributed by atoms with van der Waals surface area (Å²) >= 11 is 0. The van der Waals surface area contributed by atoms with E-state index in [4.69, 9.17) is 4.74 Å². The Bertz CT molecular complexity index is 1740. The van der Waals surface area contributed by atoms with E-state index < -0.39 is 58.9 Å². The first kappa shape index (κ1) is 47.8. The summed E-state index contributed by atoms with van der Waals surface area (Å²) in [4.78, 5) is 106. The second-order valence-corrected chi connectivity index (χ2v) is 17.7. The van der Waals surface area contributed by atoms with Crippen molar-refractivity contribution in [3.05, 3.63) is 60.2 Å². The highest BCUT2D eigenvalue weighted by molar-refractivity contribution is 6.38. The number of ketones is 4. The van der Waals surface area contributed by atoms with Crippen LogP contribution in [0, 0.1) is 41.4 Å². The quantitative estimate of drug-likeness (QED) is 0.0851. The summed E-state index contributed by atoms with van der Waals surface area (Å²) < 4.78 is 5.65. The van der Waals surface area contributed by atoms with Crippen molar-refractivity contribution < 1.29 is 38.3 Å². The summed E-state index contributed by atoms with van der Waals surface area (Å²) in [6.07, 6.45) is 7.20. The normalized spacial score (nSPS) is 19.7. The van der Waals surface area contributed by atoms with Crippen LogP contribution in [0.4, 0.5) is 0 Å². The minimum absolute atomic E-state index is 0. The van der Waals surface area contributed by atoms with Gasteiger partial charge in [0.25, 0.3) is 0 Å². The number of nitrogens with one attached hydrogen (secondary N) is 1. The van der Waals surface area contributed by atoms with E-state index in [9.17, 15) is 33.6 Å². The molecule has 12 heteroatoms. The highest BCUT2D eigenvalue weighted by Gasteiger charge is 2.51. The maximum absolute atomic E-state index is 14.5. The molecule has 1 saturated carbocycles. The molecule has 0 bridgehead atoms. The highest BCUT2D eigenvalue weighted by atomic mass is 16.6. The van der Waals surface area contributed by atoms with E-state index >= 15 is 0 Å². The zero-order chi connectivity index (χ0) is 42.0. The molecule has 1 aromatic heterocycles. The van der Waals surface area contributed by atoms with Crippen molar-refractivity contribution >= 4 is 40.9 Å². The predicted octanol–water partition coefficient (Wildman–Crippen LogP) is 6.83. The molecule has 2 amide bonds. The van der Waals surface area contributed by atoms with E-state index in [2.05, 4.69) is 15.3 Å². The van der Waals surface area contributed by atoms with Crippen molar-refractivity contribution in [2.75, 3.05) is 6.54 Å². The fraction of sp³-hybridized carbons (Fsp3) is 0.630. The number of fused-ring (bicyclic) bond motifs is 1. The minimum Gasteiger partial charge on any atom is -0.460 e. The van der Waals surface area contributed by atoms with Gasteiger partial charge in [-0.15, -0.1) is 0 Å². The topological polar surface area (TPSA) is 170 Å². The maximum Gasteiger partial charge on any atom is 0.310 e. The molecule has 2 aliphatic rings. The minimum atomic E-state index is -0.955. The van der Waals surface area contributed by atoms with Gasteiger partial charge in [-0.3, -0.25) is 38.5 Å². The van der Waals surface area contributed by atoms with Crippen LogP contribution in [-0.4, -0.2) is 80.0 Å². The first-order valence-corrected chi connectivity index (χ1v) is 20.7. The van der Waals surface area contributed by atoms with Crippen LogP contribution in [0.2, 0.25) is 0 Å². The monoisotopic (exact) mass is 802 g/mol. The number of amides is 2. The predicted molar refractivity (Wildman–Crippen MR) is 221 cm³/mol. The standard InChI is InChI=1S/C45H62N4O8.CH4/c1-9-14-30(41(53)38(52)23-32(44(56)57-45(6,7)8)21-29-15-11-10-12-16-29)22-37(51)40-33-18-13-17-31(33)26-49(40)43(55)39(28(4)5)48-42(54)34(27(2)3)24-36(50)35-25-46-19-20-47-35;/h10-12,15-16,19-20,25,27-28,30-34,39-40H,9,13-14,17-18,21-24,26H2,1-8H3,(H,48,54);1H4/t30?,31-,32+,33-,34-,39-,40?;/m0./s1. The lowest BCUT2D eigenvalue weighted by Gasteiger charge is -2.33. The van der Waals surface area contributed by atoms with Crippen LogP contribution in [0.3, 0.4) is 0 Å². The smallest absolute Gasteiger partial charge is 0.310 e. The molecule has 7 atom stereocenters. The van der Waals surface area contributed by atoms with Gasteiger partial charge in [-0.25, -0.2) is 4.98 Å². The number of ether oxygens (including phenoxy) is 1. The Morgan fingerprint density at radius 1 is 0.897 bits per heavy atom. The van der Waals surface area contributed by atoms with Crippen molar-refractivity contribution in [2.45, 2.75) is 138 Å². The third kappa shape index (κ3) is 12.7. The Morgan fingerprint density at radius 2 is 1.59 bits per heavy atom. The van der Waals surface area contributed by atoms with E-state index in [1.165, 1.54) is 18.6 Å². The zero-order valence-corrected chi connectivity index (χ0v) is 35.0. The van der Waals surface area contributed by atoms with Crippen molar-refractivity contribution in [3.63, 3.8) is 0 Å². The molecule has 1 saturated heterocycles. The van der Waals surface area contributed by atoms with Crippen LogP contribution in [0.25, 0.3) is 0 Å². The third-order valence-electron chi connectivity index (χ3n) is 11.4. The third-order valence-corrected chi connectivity index (χ3v) is 11.4. The molecule has 12 nitrogen and oxygen atoms in total. The van der Waals surface area contributed by atoms with Crippen molar-refractivity contribution in [2.24, 2.45) is 41.4 Å². The number of aromatic nitrogens is 2. The lowest BCUT2D eigenvalue weighted by atomic mass is 9.83. The summed E-state index contributed by atoms with van der Waals surface area (Å²) in [6, 6.07) is 7.50. The Morgan fingerprint density at radius 3 is 2.17 bits per heavy atom. The number of hydrogen-bond acceptors (Lipinski definition) is 10. The fourth-order valence-electron chi connectivity index (χ4n) is 8.39. The number of Topliss-reactive ketones (excluding diaryl/α,β-unsaturated/α-hetero) is 4. The molecule has 0 radical (unpaired) electrons. The van der Waals surface area contributed by atoms with E-state index in [-0.39, 0.29) is 79.9 Å². The van der Waals surface area contributed by atoms with Gasteiger partial charge in [0.15, 0.2) is 17.3 Å². The molecular weight excluding hydrogens is 737 g/mol. The summed E-state index contributed by atoms with van der Waals surface area (Å²) in [7, 11) is 0. The summed E-state index contributed by atoms with van der Waals surface area (Å²) in [5.41, 5.74) is 0.204. The number of rotatable bonds is 20. The molecule has 1 N–H and O–H groups in total. The zero-order valence-electron chi connectivity index (χ0n) is 35.0. The van der Waals surface area contributed by atoms with E-state index in [1.54, 1.807) is 25.7 Å². The lowest BCUT2D eigenvalue weighted by molar-refractivity contribution is -0.161. The summed E-state index contributed by atoms with van der Waals surface area (Å²) in [5.74, 6) is -6.41. The Hall–Kier alpha value is -4.61. The van der Waals surface area contributed by atoms with Gasteiger partial charge in [-0.1, -0.05) is 85.2 Å². The molecular formula is C46H66N4O8. The largest absolute Gasteiger partial charge is 0.460 e. The Labute approximate surface area is 345 Å². The molecule has 1 aromatic carbocycles. The first-order chi connectivity index (χ1) is 26.9. The highest BCUT2D eigenvalue weighted by Crippen LogP contribution is 2.44. The van der Waals surface area contributed by atoms with Gasteiger partial charge < -0.3 is 15.0 Å². The van der Waals surface area contributed by atoms with Gasteiger partial charge >= 0.3 is 5.97 Å². The molecule has 58 heavy (non-hydrogen) atoms. The number of benzene rings is 1. The van der Waals surface area contributed by atoms with E-state index in [0.717, 1.165) is 24.8 Å². The average Bonchev–Trinajstić information content (AvgIpc) is 3.76. The molecule has 4 rings (SSSR count). The second-order valence-electron chi connectivity index (χ2n) is 17.7. The Kier molecular flexibility index (Phi) is 17.6. The lowest BCUT2D eigenvalue weighted by Crippen LogP contribution is -2.56. The van der Waals surface area contributed by atoms with Crippen molar-refractivity contribution in [1.29, 1.82) is 0 Å². The van der Waals surface area contributed by atoms with Gasteiger partial charge in [0.1, 0.15) is 17.3 Å². The van der Waals surface area contributed by atoms with Gasteiger partial charge in [0, 0.05) is 50.0 Å². The first-order valence-electron chi connectivity index (χ1n) is 20.7. The van der Waals surface area contributed by atoms with Crippen LogP contribution in [-0.2, 0) is 39.9 Å². The molecule has 0 spiro atoms. The van der Waals surface area contributed by atoms with Crippen LogP contribution in [0.1, 0.15) is 130 Å². The number of nitrogens with zero attached hydrogens (tertiary/aromatic N) is 3. The second kappa shape index (κ2) is 21.4. The molecule has 2 aromatic rings. The van der Waals surface area contributed by atoms with Crippen LogP contribution in [0.5, 0.6) is 0 Å². The Balaban J connectivity index is 0.00000900. The summed E-state index contributed by atoms with van der Waals surface area (Å²) in [6.45, 7) is 14.8. The SMILES string of the molecule is C.CCCC(CC(=O)C1[C@H]2CCC[C@H]2CN1C(=O)[C@@H](NC(=O)[C@@H](CC(=O)c1cnccn1)C(C)C)C(C)C)C(=O)C(=O)C[C@@H](Cc1ccccc1)C(=O)OC(C)(C)C. The molecule has 2 unspecified atom stereocenters. The van der Waals surface area contributed by atoms with Gasteiger partial charge in [0.05, 0.1) is 18.2 Å². The van der Waals surface area contributed by atoms with Gasteiger partial charge in [0.2, 0.25) is 17.6 Å². The van der Waals surface area contributed by atoms with Crippen molar-refractivity contribution in [3.8, 4) is 0 Å². The number of hydrogen-bond donors (Lipinski definition) is 1. The van der Waals surface area contributed by atoms with Gasteiger partial charge in [-0.05, 0) is 75.7 Å². The molecule has 2 fully saturated rings. The molecule has 2 heterocycles. The fourth-order valence-corrected chi connectivity index (χ4v) is 8.39.